The predicted octanol–water partition coefficient (Wildman–Crippen LogP) is 5.15. The molecule has 2 aromatic rings. The highest BCUT2D eigenvalue weighted by Gasteiger charge is 2.43. The third-order valence-corrected chi connectivity index (χ3v) is 7.39. The summed E-state index contributed by atoms with van der Waals surface area (Å²) in [5.41, 5.74) is 3.11. The highest BCUT2D eigenvalue weighted by atomic mass is 35.5. The number of hydrogen-bond acceptors (Lipinski definition) is 4. The Morgan fingerprint density at radius 3 is 2.67 bits per heavy atom. The van der Waals surface area contributed by atoms with E-state index in [-0.39, 0.29) is 5.91 Å². The summed E-state index contributed by atoms with van der Waals surface area (Å²) in [6, 6.07) is 4.17. The molecule has 1 N–H and O–H groups in total. The number of anilines is 2. The largest absolute Gasteiger partial charge is 0.341 e. The van der Waals surface area contributed by atoms with Crippen LogP contribution in [0.1, 0.15) is 43.2 Å². The van der Waals surface area contributed by atoms with Gasteiger partial charge in [-0.1, -0.05) is 29.3 Å². The third kappa shape index (κ3) is 4.28. The minimum Gasteiger partial charge on any atom is -0.341 e. The van der Waals surface area contributed by atoms with Crippen molar-refractivity contribution < 1.29 is 4.79 Å². The monoisotopic (exact) mass is 444 g/mol. The summed E-state index contributed by atoms with van der Waals surface area (Å²) in [5, 5.41) is 4.11. The van der Waals surface area contributed by atoms with Crippen LogP contribution in [0.2, 0.25) is 10.0 Å². The molecule has 1 saturated heterocycles. The molecule has 30 heavy (non-hydrogen) atoms. The maximum absolute atomic E-state index is 11.6. The Labute approximate surface area is 187 Å². The molecule has 2 atom stereocenters. The van der Waals surface area contributed by atoms with Crippen LogP contribution < -0.4 is 10.2 Å². The van der Waals surface area contributed by atoms with Crippen LogP contribution in [0.25, 0.3) is 0 Å². The van der Waals surface area contributed by atoms with E-state index in [1.54, 1.807) is 12.4 Å². The first-order valence-electron chi connectivity index (χ1n) is 10.9. The van der Waals surface area contributed by atoms with Gasteiger partial charge in [0, 0.05) is 13.1 Å². The van der Waals surface area contributed by atoms with Crippen molar-refractivity contribution in [3.8, 4) is 0 Å². The number of benzene rings is 1. The number of amides is 1. The van der Waals surface area contributed by atoms with Crippen molar-refractivity contribution in [3.05, 3.63) is 45.7 Å². The summed E-state index contributed by atoms with van der Waals surface area (Å²) >= 11 is 12.2. The average Bonchev–Trinajstić information content (AvgIpc) is 3.41. The lowest BCUT2D eigenvalue weighted by molar-refractivity contribution is -0.115. The van der Waals surface area contributed by atoms with Gasteiger partial charge in [0.2, 0.25) is 11.9 Å². The Morgan fingerprint density at radius 2 is 1.90 bits per heavy atom. The number of fused-ring (bicyclic) bond motifs is 1. The number of nitrogens with one attached hydrogen (secondary N) is 1. The van der Waals surface area contributed by atoms with Gasteiger partial charge < -0.3 is 10.2 Å². The topological polar surface area (TPSA) is 58.1 Å². The molecule has 7 heteroatoms. The first-order valence-corrected chi connectivity index (χ1v) is 11.7. The molecule has 2 aliphatic heterocycles. The van der Waals surface area contributed by atoms with Gasteiger partial charge in [0.05, 0.1) is 34.5 Å². The number of piperidine rings is 1. The first-order chi connectivity index (χ1) is 14.6. The standard InChI is InChI=1S/C23H26Cl2N4O/c24-18-12-26-23(27-13-18)29-6-4-15(5-7-29)19-10-16(19)3-1-2-14-8-17-11-21(30)28-22(17)20(25)9-14/h8-9,12-13,15-16,19H,1-7,10-11H2,(H,28,30)/t16-,19?/m1/s1. The number of aryl methyl sites for hydroxylation is 1. The highest BCUT2D eigenvalue weighted by molar-refractivity contribution is 6.34. The maximum Gasteiger partial charge on any atom is 0.228 e. The molecule has 3 aliphatic rings. The second-order valence-electron chi connectivity index (χ2n) is 8.91. The molecular weight excluding hydrogens is 419 g/mol. The third-order valence-electron chi connectivity index (χ3n) is 6.90. The van der Waals surface area contributed by atoms with Crippen LogP contribution in [0.3, 0.4) is 0 Å². The molecule has 5 nitrogen and oxygen atoms in total. The summed E-state index contributed by atoms with van der Waals surface area (Å²) < 4.78 is 0. The molecule has 3 heterocycles. The van der Waals surface area contributed by atoms with Crippen molar-refractivity contribution in [2.75, 3.05) is 23.3 Å². The van der Waals surface area contributed by atoms with Crippen LogP contribution in [0.4, 0.5) is 11.6 Å². The van der Waals surface area contributed by atoms with E-state index >= 15 is 0 Å². The van der Waals surface area contributed by atoms with Crippen molar-refractivity contribution in [3.63, 3.8) is 0 Å². The van der Waals surface area contributed by atoms with Crippen molar-refractivity contribution in [1.82, 2.24) is 9.97 Å². The summed E-state index contributed by atoms with van der Waals surface area (Å²) in [4.78, 5) is 22.6. The van der Waals surface area contributed by atoms with E-state index in [1.165, 1.54) is 37.7 Å². The smallest absolute Gasteiger partial charge is 0.228 e. The molecule has 1 aliphatic carbocycles. The molecule has 5 rings (SSSR count). The Morgan fingerprint density at radius 1 is 1.13 bits per heavy atom. The van der Waals surface area contributed by atoms with Gasteiger partial charge in [-0.3, -0.25) is 4.79 Å². The fourth-order valence-corrected chi connectivity index (χ4v) is 5.66. The molecule has 0 bridgehead atoms. The number of carbonyl (C=O) groups excluding carboxylic acids is 1. The van der Waals surface area contributed by atoms with Gasteiger partial charge >= 0.3 is 0 Å². The quantitative estimate of drug-likeness (QED) is 0.668. The zero-order chi connectivity index (χ0) is 20.7. The lowest BCUT2D eigenvalue weighted by atomic mass is 9.90. The lowest BCUT2D eigenvalue weighted by Crippen LogP contribution is -2.35. The second-order valence-corrected chi connectivity index (χ2v) is 9.76. The highest BCUT2D eigenvalue weighted by Crippen LogP contribution is 2.50. The fraction of sp³-hybridized carbons (Fsp3) is 0.522. The number of rotatable bonds is 6. The number of halogens is 2. The first kappa shape index (κ1) is 20.1. The van der Waals surface area contributed by atoms with Gasteiger partial charge in [-0.2, -0.15) is 0 Å². The normalized spacial score (nSPS) is 23.4. The van der Waals surface area contributed by atoms with Gasteiger partial charge in [-0.05, 0) is 73.5 Å². The zero-order valence-electron chi connectivity index (χ0n) is 16.9. The van der Waals surface area contributed by atoms with E-state index < -0.39 is 0 Å². The van der Waals surface area contributed by atoms with Crippen molar-refractivity contribution in [2.24, 2.45) is 17.8 Å². The van der Waals surface area contributed by atoms with Crippen LogP contribution in [0.15, 0.2) is 24.5 Å². The molecule has 1 amide bonds. The van der Waals surface area contributed by atoms with E-state index in [1.807, 2.05) is 6.07 Å². The van der Waals surface area contributed by atoms with E-state index in [2.05, 4.69) is 26.3 Å². The molecule has 1 unspecified atom stereocenters. The summed E-state index contributed by atoms with van der Waals surface area (Å²) in [6.45, 7) is 2.08. The van der Waals surface area contributed by atoms with E-state index in [0.29, 0.717) is 16.5 Å². The molecule has 0 radical (unpaired) electrons. The van der Waals surface area contributed by atoms with Gasteiger partial charge in [-0.15, -0.1) is 0 Å². The van der Waals surface area contributed by atoms with Crippen LogP contribution in [-0.2, 0) is 17.6 Å². The molecule has 1 aromatic heterocycles. The summed E-state index contributed by atoms with van der Waals surface area (Å²) in [7, 11) is 0. The lowest BCUT2D eigenvalue weighted by Gasteiger charge is -2.32. The van der Waals surface area contributed by atoms with Crippen molar-refractivity contribution in [2.45, 2.75) is 44.9 Å². The molecule has 158 valence electrons. The minimum absolute atomic E-state index is 0.0403. The van der Waals surface area contributed by atoms with Gasteiger partial charge in [-0.25, -0.2) is 9.97 Å². The SMILES string of the molecule is O=C1Cc2cc(CCC[C@@H]3CC3C3CCN(c4ncc(Cl)cn4)CC3)cc(Cl)c2N1. The predicted molar refractivity (Wildman–Crippen MR) is 120 cm³/mol. The Kier molecular flexibility index (Phi) is 5.59. The average molecular weight is 445 g/mol. The molecular formula is C23H26Cl2N4O. The zero-order valence-corrected chi connectivity index (χ0v) is 18.4. The van der Waals surface area contributed by atoms with Gasteiger partial charge in [0.25, 0.3) is 0 Å². The number of nitrogens with zero attached hydrogens (tertiary/aromatic N) is 3. The molecule has 1 aromatic carbocycles. The Hall–Kier alpha value is -1.85. The van der Waals surface area contributed by atoms with Gasteiger partial charge in [0.1, 0.15) is 0 Å². The fourth-order valence-electron chi connectivity index (χ4n) is 5.25. The molecule has 2 fully saturated rings. The number of carbonyl (C=O) groups is 1. The van der Waals surface area contributed by atoms with Crippen LogP contribution in [-0.4, -0.2) is 29.0 Å². The van der Waals surface area contributed by atoms with Gasteiger partial charge in [0.15, 0.2) is 0 Å². The van der Waals surface area contributed by atoms with Crippen molar-refractivity contribution >= 4 is 40.7 Å². The molecule has 0 spiro atoms. The summed E-state index contributed by atoms with van der Waals surface area (Å²) in [5.74, 6) is 3.45. The van der Waals surface area contributed by atoms with Crippen molar-refractivity contribution in [1.29, 1.82) is 0 Å². The Bertz CT molecular complexity index is 941. The number of aromatic nitrogens is 2. The summed E-state index contributed by atoms with van der Waals surface area (Å²) in [6.07, 6.45) is 11.2. The van der Waals surface area contributed by atoms with E-state index in [0.717, 1.165) is 54.5 Å². The van der Waals surface area contributed by atoms with Crippen LogP contribution in [0, 0.1) is 17.8 Å². The number of hydrogen-bond donors (Lipinski definition) is 1. The maximum atomic E-state index is 11.6. The Balaban J connectivity index is 1.07. The minimum atomic E-state index is 0.0403. The van der Waals surface area contributed by atoms with E-state index in [9.17, 15) is 4.79 Å². The molecule has 1 saturated carbocycles. The van der Waals surface area contributed by atoms with Crippen LogP contribution >= 0.6 is 23.2 Å². The second kappa shape index (κ2) is 8.35. The van der Waals surface area contributed by atoms with Crippen LogP contribution in [0.5, 0.6) is 0 Å². The van der Waals surface area contributed by atoms with E-state index in [4.69, 9.17) is 23.2 Å².